The summed E-state index contributed by atoms with van der Waals surface area (Å²) in [5.74, 6) is -0.516. The van der Waals surface area contributed by atoms with Gasteiger partial charge in [0.15, 0.2) is 4.80 Å². The molecule has 1 aliphatic rings. The monoisotopic (exact) mass is 695 g/mol. The standard InChI is InChI=1S/C32H27BrFN3O7S/c1-4-42-22-12-10-20(11-13-22)28-27(31(39)43-5-2)18(3)35-32-36(28)30(38)26(45-32)16-19-14-23(33)29(25(15-19)37(40)41)44-17-21-8-6-7-9-24(21)34/h6-16,28H,4-5,17H2,1-3H3/b26-16-/t28-/m1/s1. The molecule has 5 rings (SSSR count). The van der Waals surface area contributed by atoms with Gasteiger partial charge in [-0.05, 0) is 78.2 Å². The third-order valence-corrected chi connectivity index (χ3v) is 8.47. The van der Waals surface area contributed by atoms with E-state index >= 15 is 0 Å². The van der Waals surface area contributed by atoms with E-state index in [1.165, 1.54) is 34.9 Å². The molecule has 13 heteroatoms. The van der Waals surface area contributed by atoms with Gasteiger partial charge in [0, 0.05) is 11.6 Å². The van der Waals surface area contributed by atoms with Gasteiger partial charge in [-0.3, -0.25) is 19.5 Å². The molecule has 4 aromatic rings. The van der Waals surface area contributed by atoms with E-state index in [0.717, 1.165) is 11.3 Å². The normalized spacial score (nSPS) is 14.5. The lowest BCUT2D eigenvalue weighted by atomic mass is 9.96. The molecule has 1 atom stereocenters. The number of halogens is 2. The van der Waals surface area contributed by atoms with Crippen molar-refractivity contribution in [2.45, 2.75) is 33.4 Å². The molecule has 2 heterocycles. The number of allylic oxidation sites excluding steroid dienone is 1. The third-order valence-electron chi connectivity index (χ3n) is 6.89. The molecule has 0 saturated carbocycles. The molecule has 0 N–H and O–H groups in total. The number of ether oxygens (including phenoxy) is 3. The zero-order valence-electron chi connectivity index (χ0n) is 24.4. The zero-order valence-corrected chi connectivity index (χ0v) is 26.8. The van der Waals surface area contributed by atoms with E-state index in [2.05, 4.69) is 20.9 Å². The Morgan fingerprint density at radius 3 is 2.53 bits per heavy atom. The number of thiazole rings is 1. The fourth-order valence-electron chi connectivity index (χ4n) is 4.90. The first-order valence-corrected chi connectivity index (χ1v) is 15.5. The van der Waals surface area contributed by atoms with Crippen molar-refractivity contribution in [2.24, 2.45) is 4.99 Å². The number of nitro benzene ring substituents is 1. The second kappa shape index (κ2) is 13.6. The Balaban J connectivity index is 1.60. The number of nitrogens with zero attached hydrogens (tertiary/aromatic N) is 3. The molecule has 0 aliphatic carbocycles. The van der Waals surface area contributed by atoms with Crippen molar-refractivity contribution in [3.05, 3.63) is 129 Å². The fourth-order valence-corrected chi connectivity index (χ4v) is 6.53. The average Bonchev–Trinajstić information content (AvgIpc) is 3.30. The molecular weight excluding hydrogens is 669 g/mol. The number of carbonyl (C=O) groups is 1. The van der Waals surface area contributed by atoms with Crippen molar-refractivity contribution in [3.63, 3.8) is 0 Å². The van der Waals surface area contributed by atoms with Gasteiger partial charge in [0.1, 0.15) is 18.2 Å². The number of hydrogen-bond donors (Lipinski definition) is 0. The number of fused-ring (bicyclic) bond motifs is 1. The Hall–Kier alpha value is -4.62. The molecule has 1 aromatic heterocycles. The number of aromatic nitrogens is 1. The molecule has 10 nitrogen and oxygen atoms in total. The van der Waals surface area contributed by atoms with Gasteiger partial charge in [0.2, 0.25) is 5.75 Å². The van der Waals surface area contributed by atoms with E-state index in [1.54, 1.807) is 50.2 Å². The molecule has 232 valence electrons. The molecule has 0 bridgehead atoms. The highest BCUT2D eigenvalue weighted by Gasteiger charge is 2.33. The summed E-state index contributed by atoms with van der Waals surface area (Å²) < 4.78 is 32.6. The van der Waals surface area contributed by atoms with Gasteiger partial charge in [-0.1, -0.05) is 41.7 Å². The Bertz CT molecular complexity index is 2000. The van der Waals surface area contributed by atoms with Crippen LogP contribution < -0.4 is 24.4 Å². The van der Waals surface area contributed by atoms with Gasteiger partial charge in [-0.2, -0.15) is 0 Å². The largest absolute Gasteiger partial charge is 0.494 e. The Labute approximate surface area is 269 Å². The zero-order chi connectivity index (χ0) is 32.2. The van der Waals surface area contributed by atoms with Crippen molar-refractivity contribution in [2.75, 3.05) is 13.2 Å². The first-order chi connectivity index (χ1) is 21.6. The molecule has 0 spiro atoms. The predicted octanol–water partition coefficient (Wildman–Crippen LogP) is 5.59. The topological polar surface area (TPSA) is 122 Å². The summed E-state index contributed by atoms with van der Waals surface area (Å²) >= 11 is 4.43. The van der Waals surface area contributed by atoms with Gasteiger partial charge in [-0.15, -0.1) is 0 Å². The molecule has 0 saturated heterocycles. The van der Waals surface area contributed by atoms with Crippen LogP contribution in [0.1, 0.15) is 43.5 Å². The van der Waals surface area contributed by atoms with Crippen LogP contribution in [0.5, 0.6) is 11.5 Å². The van der Waals surface area contributed by atoms with E-state index in [4.69, 9.17) is 14.2 Å². The molecule has 1 aliphatic heterocycles. The van der Waals surface area contributed by atoms with Gasteiger partial charge in [-0.25, -0.2) is 14.2 Å². The Morgan fingerprint density at radius 2 is 1.87 bits per heavy atom. The van der Waals surface area contributed by atoms with Crippen LogP contribution in [0.25, 0.3) is 6.08 Å². The molecule has 3 aromatic carbocycles. The van der Waals surface area contributed by atoms with Crippen molar-refractivity contribution < 1.29 is 28.3 Å². The first kappa shape index (κ1) is 31.8. The summed E-state index contributed by atoms with van der Waals surface area (Å²) in [7, 11) is 0. The highest BCUT2D eigenvalue weighted by molar-refractivity contribution is 9.10. The van der Waals surface area contributed by atoms with Crippen LogP contribution >= 0.6 is 27.3 Å². The quantitative estimate of drug-likeness (QED) is 0.121. The van der Waals surface area contributed by atoms with Gasteiger partial charge >= 0.3 is 11.7 Å². The van der Waals surface area contributed by atoms with Crippen LogP contribution in [0, 0.1) is 15.9 Å². The van der Waals surface area contributed by atoms with E-state index in [0.29, 0.717) is 34.0 Å². The molecule has 0 radical (unpaired) electrons. The minimum atomic E-state index is -0.826. The second-order valence-electron chi connectivity index (χ2n) is 9.79. The molecule has 45 heavy (non-hydrogen) atoms. The lowest BCUT2D eigenvalue weighted by Crippen LogP contribution is -2.39. The van der Waals surface area contributed by atoms with Crippen LogP contribution in [0.3, 0.4) is 0 Å². The van der Waals surface area contributed by atoms with E-state index < -0.39 is 28.3 Å². The van der Waals surface area contributed by atoms with Gasteiger partial charge in [0.25, 0.3) is 5.56 Å². The lowest BCUT2D eigenvalue weighted by Gasteiger charge is -2.24. The smallest absolute Gasteiger partial charge is 0.338 e. The maximum absolute atomic E-state index is 14.1. The van der Waals surface area contributed by atoms with Crippen LogP contribution in [0.15, 0.2) is 86.2 Å². The van der Waals surface area contributed by atoms with Gasteiger partial charge < -0.3 is 14.2 Å². The van der Waals surface area contributed by atoms with E-state index in [-0.39, 0.29) is 44.8 Å². The maximum Gasteiger partial charge on any atom is 0.338 e. The molecule has 0 fully saturated rings. The highest BCUT2D eigenvalue weighted by Crippen LogP contribution is 2.37. The van der Waals surface area contributed by atoms with Crippen LogP contribution in [-0.2, 0) is 16.1 Å². The SMILES string of the molecule is CCOC(=O)C1=C(C)N=c2s/c(=C\c3cc(Br)c(OCc4ccccc4F)c([N+](=O)[O-])c3)c(=O)n2[C@@H]1c1ccc(OCC)cc1. The van der Waals surface area contributed by atoms with E-state index in [9.17, 15) is 24.1 Å². The second-order valence-corrected chi connectivity index (χ2v) is 11.7. The summed E-state index contributed by atoms with van der Waals surface area (Å²) in [5.41, 5.74) is 1.07. The van der Waals surface area contributed by atoms with E-state index in [1.807, 2.05) is 6.92 Å². The number of nitro groups is 1. The van der Waals surface area contributed by atoms with Crippen molar-refractivity contribution in [1.29, 1.82) is 0 Å². The summed E-state index contributed by atoms with van der Waals surface area (Å²) in [6.45, 7) is 5.65. The summed E-state index contributed by atoms with van der Waals surface area (Å²) in [6, 6.07) is 15.1. The lowest BCUT2D eigenvalue weighted by molar-refractivity contribution is -0.386. The number of hydrogen-bond acceptors (Lipinski definition) is 9. The Morgan fingerprint density at radius 1 is 1.13 bits per heavy atom. The maximum atomic E-state index is 14.1. The first-order valence-electron chi connectivity index (χ1n) is 13.9. The molecule has 0 amide bonds. The fraction of sp³-hybridized carbons (Fsp3) is 0.219. The van der Waals surface area contributed by atoms with Crippen LogP contribution in [0.2, 0.25) is 0 Å². The predicted molar refractivity (Wildman–Crippen MR) is 170 cm³/mol. The highest BCUT2D eigenvalue weighted by atomic mass is 79.9. The number of rotatable bonds is 10. The number of carbonyl (C=O) groups excluding carboxylic acids is 1. The summed E-state index contributed by atoms with van der Waals surface area (Å²) in [4.78, 5) is 43.4. The number of benzene rings is 3. The van der Waals surface area contributed by atoms with Crippen molar-refractivity contribution >= 4 is 45.0 Å². The average molecular weight is 697 g/mol. The van der Waals surface area contributed by atoms with Crippen LogP contribution in [-0.4, -0.2) is 28.7 Å². The van der Waals surface area contributed by atoms with Crippen LogP contribution in [0.4, 0.5) is 10.1 Å². The van der Waals surface area contributed by atoms with Gasteiger partial charge in [0.05, 0.1) is 44.5 Å². The third kappa shape index (κ3) is 6.59. The summed E-state index contributed by atoms with van der Waals surface area (Å²) in [5, 5.41) is 12.0. The molecule has 0 unspecified atom stereocenters. The molecular formula is C32H27BrFN3O7S. The van der Waals surface area contributed by atoms with Crippen molar-refractivity contribution in [3.8, 4) is 11.5 Å². The minimum Gasteiger partial charge on any atom is -0.494 e. The minimum absolute atomic E-state index is 0.0768. The summed E-state index contributed by atoms with van der Waals surface area (Å²) in [6.07, 6.45) is 1.51. The van der Waals surface area contributed by atoms with Crippen molar-refractivity contribution in [1.82, 2.24) is 4.57 Å². The Kier molecular flexibility index (Phi) is 9.59. The number of esters is 1.